The van der Waals surface area contributed by atoms with Crippen molar-refractivity contribution in [2.24, 2.45) is 71.0 Å². The van der Waals surface area contributed by atoms with Gasteiger partial charge in [-0.05, 0) is 146 Å². The first-order valence-corrected chi connectivity index (χ1v) is 29.3. The number of rotatable bonds is 15. The molecule has 4 fully saturated rings. The van der Waals surface area contributed by atoms with E-state index in [-0.39, 0.29) is 24.4 Å². The molecular formula is C40H76O4P2S4. The van der Waals surface area contributed by atoms with Gasteiger partial charge in [-0.15, -0.1) is 0 Å². The van der Waals surface area contributed by atoms with Gasteiger partial charge in [0.05, 0.1) is 24.4 Å². The van der Waals surface area contributed by atoms with E-state index >= 15 is 0 Å². The van der Waals surface area contributed by atoms with E-state index in [0.29, 0.717) is 71.0 Å². The van der Waals surface area contributed by atoms with Crippen LogP contribution in [0.2, 0.25) is 0 Å². The largest absolute Gasteiger partial charge is 0.317 e. The van der Waals surface area contributed by atoms with Crippen LogP contribution in [0.1, 0.15) is 160 Å². The molecule has 4 aliphatic carbocycles. The molecule has 0 bridgehead atoms. The topological polar surface area (TPSA) is 36.9 Å². The molecule has 4 nitrogen and oxygen atoms in total. The second-order valence-corrected chi connectivity index (χ2v) is 32.6. The molecule has 0 aromatic carbocycles. The maximum absolute atomic E-state index is 7.32. The normalized spacial score (nSPS) is 39.9. The predicted octanol–water partition coefficient (Wildman–Crippen LogP) is 14.7. The van der Waals surface area contributed by atoms with Crippen LogP contribution in [-0.4, -0.2) is 24.4 Å². The van der Waals surface area contributed by atoms with Gasteiger partial charge in [0.1, 0.15) is 0 Å². The van der Waals surface area contributed by atoms with E-state index in [1.54, 1.807) is 20.8 Å². The highest BCUT2D eigenvalue weighted by atomic mass is 33.5. The fourth-order valence-corrected chi connectivity index (χ4v) is 27.6. The van der Waals surface area contributed by atoms with Gasteiger partial charge in [-0.2, -0.15) is 0 Å². The van der Waals surface area contributed by atoms with Crippen molar-refractivity contribution in [1.29, 1.82) is 0 Å². The van der Waals surface area contributed by atoms with Gasteiger partial charge in [0.15, 0.2) is 0 Å². The van der Waals surface area contributed by atoms with E-state index in [0.717, 1.165) is 25.7 Å². The molecule has 4 saturated carbocycles. The van der Waals surface area contributed by atoms with E-state index in [9.17, 15) is 0 Å². The zero-order valence-corrected chi connectivity index (χ0v) is 38.9. The molecule has 0 heterocycles. The van der Waals surface area contributed by atoms with Gasteiger partial charge in [0.25, 0.3) is 11.4 Å². The Morgan fingerprint density at radius 3 is 0.780 bits per heavy atom. The molecule has 10 heteroatoms. The lowest BCUT2D eigenvalue weighted by Crippen LogP contribution is -2.36. The molecule has 0 aromatic rings. The molecule has 50 heavy (non-hydrogen) atoms. The molecular weight excluding hydrogens is 735 g/mol. The number of hydrogen-bond donors (Lipinski definition) is 0. The van der Waals surface area contributed by atoms with Crippen LogP contribution >= 0.6 is 32.2 Å². The summed E-state index contributed by atoms with van der Waals surface area (Å²) in [4.78, 5) is 0. The minimum atomic E-state index is -2.85. The molecule has 4 rings (SSSR count). The molecule has 0 aromatic heterocycles. The van der Waals surface area contributed by atoms with Gasteiger partial charge in [-0.1, -0.05) is 109 Å². The van der Waals surface area contributed by atoms with Gasteiger partial charge in [-0.3, -0.25) is 0 Å². The Hall–Kier alpha value is 1.84. The van der Waals surface area contributed by atoms with E-state index in [1.807, 2.05) is 0 Å². The minimum Gasteiger partial charge on any atom is -0.317 e. The maximum atomic E-state index is 7.32. The van der Waals surface area contributed by atoms with Crippen molar-refractivity contribution in [2.45, 2.75) is 185 Å². The first-order valence-electron chi connectivity index (χ1n) is 20.7. The highest BCUT2D eigenvalue weighted by Gasteiger charge is 2.45. The Kier molecular flexibility index (Phi) is 17.7. The first kappa shape index (κ1) is 44.6. The lowest BCUT2D eigenvalue weighted by Gasteiger charge is -2.44. The van der Waals surface area contributed by atoms with Crippen molar-refractivity contribution < 1.29 is 18.1 Å². The molecule has 294 valence electrons. The fraction of sp³-hybridized carbons (Fsp3) is 1.00. The first-order chi connectivity index (χ1) is 23.4. The highest BCUT2D eigenvalue weighted by molar-refractivity contribution is 9.17. The van der Waals surface area contributed by atoms with E-state index in [2.05, 4.69) is 83.1 Å². The van der Waals surface area contributed by atoms with Crippen molar-refractivity contribution >= 4 is 55.8 Å². The average molecular weight is 811 g/mol. The summed E-state index contributed by atoms with van der Waals surface area (Å²) in [5.74, 6) is 6.71. The Labute approximate surface area is 327 Å². The summed E-state index contributed by atoms with van der Waals surface area (Å²) in [6, 6.07) is 0. The summed E-state index contributed by atoms with van der Waals surface area (Å²) >= 11 is 13.5. The highest BCUT2D eigenvalue weighted by Crippen LogP contribution is 2.80. The molecule has 12 atom stereocenters. The molecule has 4 aliphatic rings. The Balaban J connectivity index is 1.68. The molecule has 0 spiro atoms. The monoisotopic (exact) mass is 810 g/mol. The summed E-state index contributed by atoms with van der Waals surface area (Å²) < 4.78 is 29.3. The van der Waals surface area contributed by atoms with Crippen molar-refractivity contribution in [1.82, 2.24) is 0 Å². The third kappa shape index (κ3) is 12.7. The third-order valence-corrected chi connectivity index (χ3v) is 28.0. The van der Waals surface area contributed by atoms with Crippen molar-refractivity contribution in [3.05, 3.63) is 0 Å². The lowest BCUT2D eigenvalue weighted by molar-refractivity contribution is 0.0135. The summed E-state index contributed by atoms with van der Waals surface area (Å²) in [5.41, 5.74) is -5.69. The Morgan fingerprint density at radius 2 is 0.600 bits per heavy atom. The van der Waals surface area contributed by atoms with E-state index in [4.69, 9.17) is 41.7 Å². The SMILES string of the molecule is CC1CCC(C(C)C)C(OP(=S)(OC2CC(C)CCC2C(C)C)SSP(=S)(OC2CC(C)CCC2C(C)C)OC2CC(C)CCC2C(C)C)C1. The van der Waals surface area contributed by atoms with Crippen molar-refractivity contribution in [3.63, 3.8) is 0 Å². The van der Waals surface area contributed by atoms with Crippen molar-refractivity contribution in [3.8, 4) is 0 Å². The Morgan fingerprint density at radius 1 is 0.400 bits per heavy atom. The molecule has 0 radical (unpaired) electrons. The summed E-state index contributed by atoms with van der Waals surface area (Å²) in [6.45, 7) is 28.4. The molecule has 0 aliphatic heterocycles. The zero-order chi connectivity index (χ0) is 37.0. The van der Waals surface area contributed by atoms with E-state index < -0.39 is 11.4 Å². The maximum Gasteiger partial charge on any atom is 0.258 e. The standard InChI is InChI=1S/C40H76O4P2S4/c1-25(2)33-17-13-29(9)21-37(33)41-45(47,42-38-22-30(10)14-18-34(38)26(3)4)49-50-46(48,43-39-23-31(11)15-19-35(39)27(5)6)44-40-24-32(12)16-20-36(40)28(7)8/h25-40H,13-24H2,1-12H3. The van der Waals surface area contributed by atoms with Crippen LogP contribution in [0, 0.1) is 71.0 Å². The van der Waals surface area contributed by atoms with Crippen LogP contribution in [0.4, 0.5) is 0 Å². The average Bonchev–Trinajstić information content (AvgIpc) is 2.99. The van der Waals surface area contributed by atoms with Crippen LogP contribution in [0.3, 0.4) is 0 Å². The second-order valence-electron chi connectivity index (χ2n) is 18.9. The zero-order valence-electron chi connectivity index (χ0n) is 33.9. The quantitative estimate of drug-likeness (QED) is 0.120. The smallest absolute Gasteiger partial charge is 0.258 e. The summed E-state index contributed by atoms with van der Waals surface area (Å²) in [7, 11) is 3.28. The van der Waals surface area contributed by atoms with Crippen LogP contribution in [-0.2, 0) is 41.7 Å². The molecule has 0 N–H and O–H groups in total. The van der Waals surface area contributed by atoms with Crippen LogP contribution in [0.5, 0.6) is 0 Å². The van der Waals surface area contributed by atoms with Gasteiger partial charge >= 0.3 is 0 Å². The van der Waals surface area contributed by atoms with Crippen LogP contribution in [0.25, 0.3) is 0 Å². The Bertz CT molecular complexity index is 975. The third-order valence-electron chi connectivity index (χ3n) is 13.1. The van der Waals surface area contributed by atoms with Gasteiger partial charge in [0.2, 0.25) is 0 Å². The lowest BCUT2D eigenvalue weighted by atomic mass is 9.75. The van der Waals surface area contributed by atoms with Crippen LogP contribution < -0.4 is 0 Å². The van der Waals surface area contributed by atoms with Crippen molar-refractivity contribution in [2.75, 3.05) is 0 Å². The second kappa shape index (κ2) is 19.8. The van der Waals surface area contributed by atoms with Gasteiger partial charge in [0, 0.05) is 20.8 Å². The predicted molar refractivity (Wildman–Crippen MR) is 229 cm³/mol. The molecule has 0 saturated heterocycles. The summed E-state index contributed by atoms with van der Waals surface area (Å²) in [6.07, 6.45) is 14.5. The van der Waals surface area contributed by atoms with Gasteiger partial charge in [-0.25, -0.2) is 0 Å². The van der Waals surface area contributed by atoms with Gasteiger partial charge < -0.3 is 18.1 Å². The number of hydrogen-bond acceptors (Lipinski definition) is 8. The summed E-state index contributed by atoms with van der Waals surface area (Å²) in [5, 5.41) is 0. The molecule has 0 amide bonds. The van der Waals surface area contributed by atoms with Crippen LogP contribution in [0.15, 0.2) is 0 Å². The fourth-order valence-electron chi connectivity index (χ4n) is 9.81. The minimum absolute atomic E-state index is 0.116. The van der Waals surface area contributed by atoms with E-state index in [1.165, 1.54) is 51.4 Å². The molecule has 12 unspecified atom stereocenters.